The molecule has 2 amide bonds. The van der Waals surface area contributed by atoms with Crippen LogP contribution in [0.15, 0.2) is 18.3 Å². The first-order valence-corrected chi connectivity index (χ1v) is 7.17. The third-order valence-electron chi connectivity index (χ3n) is 4.19. The van der Waals surface area contributed by atoms with Crippen molar-refractivity contribution in [3.63, 3.8) is 0 Å². The number of nitrogens with one attached hydrogen (secondary N) is 1. The molecule has 0 spiro atoms. The van der Waals surface area contributed by atoms with Crippen LogP contribution in [0.5, 0.6) is 0 Å². The molecule has 1 aliphatic heterocycles. The maximum Gasteiger partial charge on any atom is 0.271 e. The lowest BCUT2D eigenvalue weighted by molar-refractivity contribution is -0.123. The summed E-state index contributed by atoms with van der Waals surface area (Å²) in [6, 6.07) is 3.65. The molecule has 1 aromatic rings. The topological polar surface area (TPSA) is 63.6 Å². The minimum atomic E-state index is -0.545. The molecule has 0 aromatic carbocycles. The number of nitrogens with zero attached hydrogens (tertiary/aromatic N) is 2. The van der Waals surface area contributed by atoms with Gasteiger partial charge in [-0.15, -0.1) is 0 Å². The zero-order valence-electron chi connectivity index (χ0n) is 12.9. The van der Waals surface area contributed by atoms with Gasteiger partial charge in [0.15, 0.2) is 0 Å². The van der Waals surface area contributed by atoms with Crippen molar-refractivity contribution < 1.29 is 14.3 Å². The molecule has 1 atom stereocenters. The lowest BCUT2D eigenvalue weighted by atomic mass is 9.92. The highest BCUT2D eigenvalue weighted by atomic mass is 16.5. The predicted octanol–water partition coefficient (Wildman–Crippen LogP) is 0.782. The maximum atomic E-state index is 12.8. The molecule has 0 bridgehead atoms. The van der Waals surface area contributed by atoms with E-state index in [1.54, 1.807) is 29.7 Å². The molecule has 0 unspecified atom stereocenters. The summed E-state index contributed by atoms with van der Waals surface area (Å²) in [5, 5.41) is 2.64. The van der Waals surface area contributed by atoms with Crippen LogP contribution in [0.1, 0.15) is 29.8 Å². The third kappa shape index (κ3) is 2.95. The van der Waals surface area contributed by atoms with Gasteiger partial charge in [-0.05, 0) is 25.0 Å². The molecule has 21 heavy (non-hydrogen) atoms. The predicted molar refractivity (Wildman–Crippen MR) is 79.0 cm³/mol. The van der Waals surface area contributed by atoms with Crippen LogP contribution < -0.4 is 5.32 Å². The van der Waals surface area contributed by atoms with E-state index in [0.717, 1.165) is 12.8 Å². The standard InChI is InChI=1S/C15H23N3O3/c1-16-13(19)10-15(11-21-3)7-5-9-18(15)14(20)12-6-4-8-17(12)2/h4,6,8H,5,7,9-11H2,1-3H3,(H,16,19)/t15-/m1/s1. The number of carbonyl (C=O) groups excluding carboxylic acids is 2. The summed E-state index contributed by atoms with van der Waals surface area (Å²) in [4.78, 5) is 26.5. The van der Waals surface area contributed by atoms with Crippen molar-refractivity contribution in [3.05, 3.63) is 24.0 Å². The van der Waals surface area contributed by atoms with E-state index in [9.17, 15) is 9.59 Å². The van der Waals surface area contributed by atoms with Crippen LogP contribution in [0.3, 0.4) is 0 Å². The smallest absolute Gasteiger partial charge is 0.271 e. The van der Waals surface area contributed by atoms with Crippen LogP contribution in [-0.4, -0.2) is 54.1 Å². The summed E-state index contributed by atoms with van der Waals surface area (Å²) in [5.41, 5.74) is 0.0882. The second-order valence-corrected chi connectivity index (χ2v) is 5.57. The van der Waals surface area contributed by atoms with E-state index >= 15 is 0 Å². The van der Waals surface area contributed by atoms with E-state index in [1.807, 2.05) is 19.3 Å². The molecular weight excluding hydrogens is 270 g/mol. The third-order valence-corrected chi connectivity index (χ3v) is 4.19. The average molecular weight is 293 g/mol. The molecule has 2 rings (SSSR count). The van der Waals surface area contributed by atoms with Crippen LogP contribution in [0.4, 0.5) is 0 Å². The van der Waals surface area contributed by atoms with E-state index in [4.69, 9.17) is 4.74 Å². The van der Waals surface area contributed by atoms with Gasteiger partial charge in [0, 0.05) is 33.9 Å². The van der Waals surface area contributed by atoms with Crippen LogP contribution in [0.25, 0.3) is 0 Å². The Morgan fingerprint density at radius 2 is 2.24 bits per heavy atom. The van der Waals surface area contributed by atoms with Crippen LogP contribution in [0.2, 0.25) is 0 Å². The zero-order valence-corrected chi connectivity index (χ0v) is 12.9. The first kappa shape index (κ1) is 15.6. The molecule has 1 fully saturated rings. The first-order valence-electron chi connectivity index (χ1n) is 7.17. The van der Waals surface area contributed by atoms with Crippen LogP contribution >= 0.6 is 0 Å². The van der Waals surface area contributed by atoms with Crippen LogP contribution in [0, 0.1) is 0 Å². The van der Waals surface area contributed by atoms with Gasteiger partial charge in [-0.3, -0.25) is 9.59 Å². The minimum Gasteiger partial charge on any atom is -0.382 e. The normalized spacial score (nSPS) is 21.6. The lowest BCUT2D eigenvalue weighted by Gasteiger charge is -2.37. The van der Waals surface area contributed by atoms with Gasteiger partial charge in [-0.1, -0.05) is 0 Å². The highest BCUT2D eigenvalue weighted by Crippen LogP contribution is 2.34. The maximum absolute atomic E-state index is 12.8. The monoisotopic (exact) mass is 293 g/mol. The number of methoxy groups -OCH3 is 1. The van der Waals surface area contributed by atoms with Crippen LogP contribution in [-0.2, 0) is 16.6 Å². The van der Waals surface area contributed by atoms with Crippen molar-refractivity contribution in [3.8, 4) is 0 Å². The number of aromatic nitrogens is 1. The largest absolute Gasteiger partial charge is 0.382 e. The molecule has 116 valence electrons. The number of hydrogen-bond acceptors (Lipinski definition) is 3. The Morgan fingerprint density at radius 1 is 1.48 bits per heavy atom. The Labute approximate surface area is 125 Å². The molecule has 1 aromatic heterocycles. The van der Waals surface area contributed by atoms with Gasteiger partial charge in [0.2, 0.25) is 5.91 Å². The fourth-order valence-corrected chi connectivity index (χ4v) is 3.12. The van der Waals surface area contributed by atoms with Gasteiger partial charge >= 0.3 is 0 Å². The molecule has 0 saturated carbocycles. The number of likely N-dealkylation sites (tertiary alicyclic amines) is 1. The molecule has 1 saturated heterocycles. The van der Waals surface area contributed by atoms with Gasteiger partial charge in [0.05, 0.1) is 18.6 Å². The summed E-state index contributed by atoms with van der Waals surface area (Å²) in [7, 11) is 5.07. The van der Waals surface area contributed by atoms with E-state index in [1.165, 1.54) is 0 Å². The number of rotatable bonds is 5. The fraction of sp³-hybridized carbons (Fsp3) is 0.600. The van der Waals surface area contributed by atoms with Crippen molar-refractivity contribution in [1.29, 1.82) is 0 Å². The summed E-state index contributed by atoms with van der Waals surface area (Å²) >= 11 is 0. The van der Waals surface area contributed by atoms with E-state index in [0.29, 0.717) is 18.8 Å². The van der Waals surface area contributed by atoms with Crippen molar-refractivity contribution in [2.24, 2.45) is 7.05 Å². The SMILES string of the molecule is CNC(=O)C[C@@]1(COC)CCCN1C(=O)c1cccn1C. The van der Waals surface area contributed by atoms with Crippen molar-refractivity contribution in [2.75, 3.05) is 27.3 Å². The Bertz CT molecular complexity index is 526. The number of amides is 2. The highest BCUT2D eigenvalue weighted by Gasteiger charge is 2.45. The molecular formula is C15H23N3O3. The van der Waals surface area contributed by atoms with Gasteiger partial charge in [0.1, 0.15) is 5.69 Å². The van der Waals surface area contributed by atoms with Crippen molar-refractivity contribution in [1.82, 2.24) is 14.8 Å². The van der Waals surface area contributed by atoms with Gasteiger partial charge in [0.25, 0.3) is 5.91 Å². The number of aryl methyl sites for hydroxylation is 1. The summed E-state index contributed by atoms with van der Waals surface area (Å²) in [6.07, 6.45) is 3.79. The Balaban J connectivity index is 2.29. The van der Waals surface area contributed by atoms with E-state index in [2.05, 4.69) is 5.32 Å². The molecule has 6 nitrogen and oxygen atoms in total. The molecule has 6 heteroatoms. The summed E-state index contributed by atoms with van der Waals surface area (Å²) < 4.78 is 7.13. The van der Waals surface area contributed by atoms with Gasteiger partial charge < -0.3 is 19.5 Å². The number of hydrogen-bond donors (Lipinski definition) is 1. The minimum absolute atomic E-state index is 0.0408. The Kier molecular flexibility index (Phi) is 4.67. The van der Waals surface area contributed by atoms with Gasteiger partial charge in [-0.25, -0.2) is 0 Å². The molecule has 0 aliphatic carbocycles. The fourth-order valence-electron chi connectivity index (χ4n) is 3.12. The molecule has 2 heterocycles. The summed E-state index contributed by atoms with van der Waals surface area (Å²) in [6.45, 7) is 1.03. The number of ether oxygens (including phenoxy) is 1. The van der Waals surface area contributed by atoms with Crippen molar-refractivity contribution in [2.45, 2.75) is 24.8 Å². The lowest BCUT2D eigenvalue weighted by Crippen LogP contribution is -2.53. The molecule has 1 aliphatic rings. The first-order chi connectivity index (χ1) is 10.0. The van der Waals surface area contributed by atoms with Crippen molar-refractivity contribution >= 4 is 11.8 Å². The summed E-state index contributed by atoms with van der Waals surface area (Å²) in [5.74, 6) is -0.111. The molecule has 1 N–H and O–H groups in total. The highest BCUT2D eigenvalue weighted by molar-refractivity contribution is 5.94. The van der Waals surface area contributed by atoms with Gasteiger partial charge in [-0.2, -0.15) is 0 Å². The Hall–Kier alpha value is -1.82. The molecule has 0 radical (unpaired) electrons. The Morgan fingerprint density at radius 3 is 2.81 bits per heavy atom. The van der Waals surface area contributed by atoms with E-state index in [-0.39, 0.29) is 18.2 Å². The zero-order chi connectivity index (χ0) is 15.5. The average Bonchev–Trinajstić information content (AvgIpc) is 3.05. The quantitative estimate of drug-likeness (QED) is 0.872. The number of carbonyl (C=O) groups is 2. The second kappa shape index (κ2) is 6.30. The second-order valence-electron chi connectivity index (χ2n) is 5.57. The van der Waals surface area contributed by atoms with E-state index < -0.39 is 5.54 Å².